The normalized spacial score (nSPS) is 14.4. The van der Waals surface area contributed by atoms with Crippen molar-refractivity contribution in [2.24, 2.45) is 11.7 Å². The maximum absolute atomic E-state index is 13.3. The Morgan fingerprint density at radius 2 is 1.54 bits per heavy atom. The number of para-hydroxylation sites is 1. The van der Waals surface area contributed by atoms with Gasteiger partial charge >= 0.3 is 11.9 Å². The van der Waals surface area contributed by atoms with Crippen LogP contribution in [0.25, 0.3) is 10.9 Å². The highest BCUT2D eigenvalue weighted by molar-refractivity contribution is 5.94. The van der Waals surface area contributed by atoms with Crippen LogP contribution < -0.4 is 21.7 Å². The third-order valence-electron chi connectivity index (χ3n) is 5.81. The van der Waals surface area contributed by atoms with Crippen molar-refractivity contribution in [2.75, 3.05) is 0 Å². The van der Waals surface area contributed by atoms with E-state index in [1.54, 1.807) is 6.20 Å². The van der Waals surface area contributed by atoms with Crippen molar-refractivity contribution in [3.63, 3.8) is 0 Å². The summed E-state index contributed by atoms with van der Waals surface area (Å²) in [4.78, 5) is 64.0. The van der Waals surface area contributed by atoms with Crippen LogP contribution in [-0.2, 0) is 30.4 Å². The van der Waals surface area contributed by atoms with Crippen LogP contribution >= 0.6 is 0 Å². The van der Waals surface area contributed by atoms with Crippen LogP contribution in [0.1, 0.15) is 45.6 Å². The van der Waals surface area contributed by atoms with Crippen LogP contribution in [0.5, 0.6) is 0 Å². The van der Waals surface area contributed by atoms with Gasteiger partial charge in [0.2, 0.25) is 17.7 Å². The van der Waals surface area contributed by atoms with Crippen molar-refractivity contribution in [1.82, 2.24) is 20.9 Å². The van der Waals surface area contributed by atoms with Crippen molar-refractivity contribution < 1.29 is 34.2 Å². The Morgan fingerprint density at radius 3 is 2.16 bits per heavy atom. The van der Waals surface area contributed by atoms with Crippen LogP contribution in [0.15, 0.2) is 30.5 Å². The first-order chi connectivity index (χ1) is 17.4. The van der Waals surface area contributed by atoms with Gasteiger partial charge in [-0.1, -0.05) is 32.0 Å². The van der Waals surface area contributed by atoms with E-state index >= 15 is 0 Å². The monoisotopic (exact) mass is 517 g/mol. The maximum atomic E-state index is 13.3. The van der Waals surface area contributed by atoms with Gasteiger partial charge in [-0.05, 0) is 37.3 Å². The smallest absolute Gasteiger partial charge is 0.325 e. The molecule has 12 heteroatoms. The molecule has 4 atom stereocenters. The molecule has 0 aliphatic rings. The van der Waals surface area contributed by atoms with Crippen molar-refractivity contribution in [2.45, 2.75) is 70.6 Å². The summed E-state index contributed by atoms with van der Waals surface area (Å²) in [6.07, 6.45) is 1.61. The van der Waals surface area contributed by atoms with E-state index in [0.29, 0.717) is 0 Å². The van der Waals surface area contributed by atoms with E-state index in [9.17, 15) is 29.1 Å². The zero-order valence-electron chi connectivity index (χ0n) is 21.1. The van der Waals surface area contributed by atoms with Gasteiger partial charge in [-0.25, -0.2) is 0 Å². The molecule has 0 radical (unpaired) electrons. The molecule has 12 nitrogen and oxygen atoms in total. The number of amides is 3. The number of carbonyl (C=O) groups is 5. The summed E-state index contributed by atoms with van der Waals surface area (Å²) in [5.41, 5.74) is 7.36. The van der Waals surface area contributed by atoms with Crippen LogP contribution in [0, 0.1) is 5.92 Å². The fourth-order valence-electron chi connectivity index (χ4n) is 3.77. The Labute approximate surface area is 214 Å². The quantitative estimate of drug-likeness (QED) is 0.188. The van der Waals surface area contributed by atoms with Gasteiger partial charge in [0.05, 0.1) is 6.04 Å². The van der Waals surface area contributed by atoms with Crippen molar-refractivity contribution >= 4 is 40.6 Å². The first-order valence-electron chi connectivity index (χ1n) is 12.0. The first kappa shape index (κ1) is 29.3. The molecule has 0 saturated heterocycles. The highest BCUT2D eigenvalue weighted by atomic mass is 16.4. The molecule has 0 aliphatic carbocycles. The second kappa shape index (κ2) is 13.4. The molecule has 202 valence electrons. The number of aromatic nitrogens is 1. The number of nitrogens with two attached hydrogens (primary N) is 1. The Bertz CT molecular complexity index is 1130. The number of fused-ring (bicyclic) bond motifs is 1. The minimum absolute atomic E-state index is 0.0146. The van der Waals surface area contributed by atoms with Crippen LogP contribution in [0.2, 0.25) is 0 Å². The lowest BCUT2D eigenvalue weighted by Crippen LogP contribution is -2.57. The summed E-state index contributed by atoms with van der Waals surface area (Å²) in [5, 5.41) is 26.5. The minimum atomic E-state index is -1.23. The predicted molar refractivity (Wildman–Crippen MR) is 135 cm³/mol. The molecule has 1 heterocycles. The molecule has 2 aromatic rings. The van der Waals surface area contributed by atoms with E-state index in [4.69, 9.17) is 10.8 Å². The third-order valence-corrected chi connectivity index (χ3v) is 5.81. The number of carboxylic acids is 2. The number of H-pyrrole nitrogens is 1. The molecule has 0 spiro atoms. The van der Waals surface area contributed by atoms with Crippen LogP contribution in [0.4, 0.5) is 0 Å². The highest BCUT2D eigenvalue weighted by Crippen LogP contribution is 2.19. The third kappa shape index (κ3) is 8.90. The largest absolute Gasteiger partial charge is 0.481 e. The second-order valence-corrected chi connectivity index (χ2v) is 9.42. The van der Waals surface area contributed by atoms with Crippen LogP contribution in [0.3, 0.4) is 0 Å². The first-order valence-corrected chi connectivity index (χ1v) is 12.0. The van der Waals surface area contributed by atoms with Gasteiger partial charge in [0.25, 0.3) is 0 Å². The zero-order chi connectivity index (χ0) is 27.7. The second-order valence-electron chi connectivity index (χ2n) is 9.42. The number of aromatic amines is 1. The molecule has 0 bridgehead atoms. The molecule has 8 N–H and O–H groups in total. The lowest BCUT2D eigenvalue weighted by Gasteiger charge is -2.25. The molecule has 1 aromatic carbocycles. The van der Waals surface area contributed by atoms with Gasteiger partial charge in [-0.2, -0.15) is 0 Å². The van der Waals surface area contributed by atoms with Gasteiger partial charge in [0.15, 0.2) is 0 Å². The van der Waals surface area contributed by atoms with E-state index < -0.39 is 53.8 Å². The molecule has 37 heavy (non-hydrogen) atoms. The predicted octanol–water partition coefficient (Wildman–Crippen LogP) is 0.508. The van der Waals surface area contributed by atoms with E-state index in [0.717, 1.165) is 16.5 Å². The summed E-state index contributed by atoms with van der Waals surface area (Å²) in [5.74, 6) is -4.36. The van der Waals surface area contributed by atoms with Gasteiger partial charge in [-0.15, -0.1) is 0 Å². The Morgan fingerprint density at radius 1 is 0.919 bits per heavy atom. The van der Waals surface area contributed by atoms with E-state index in [2.05, 4.69) is 20.9 Å². The zero-order valence-corrected chi connectivity index (χ0v) is 21.1. The average Bonchev–Trinajstić information content (AvgIpc) is 3.23. The summed E-state index contributed by atoms with van der Waals surface area (Å²) < 4.78 is 0. The van der Waals surface area contributed by atoms with Crippen molar-refractivity contribution in [3.05, 3.63) is 36.0 Å². The van der Waals surface area contributed by atoms with E-state index in [-0.39, 0.29) is 31.6 Å². The number of hydrogen-bond acceptors (Lipinski definition) is 6. The van der Waals surface area contributed by atoms with Gasteiger partial charge < -0.3 is 36.9 Å². The molecular weight excluding hydrogens is 482 g/mol. The van der Waals surface area contributed by atoms with Crippen molar-refractivity contribution in [3.8, 4) is 0 Å². The standard InChI is InChI=1S/C25H35N5O7/c1-13(2)10-19(29-22(33)17(26)8-9-21(31)32)24(35)30-20(23(34)28-14(3)25(36)37)11-15-12-27-18-7-5-4-6-16(15)18/h4-7,12-14,17,19-20,27H,8-11,26H2,1-3H3,(H,28,34)(H,29,33)(H,30,35)(H,31,32)(H,36,37). The maximum Gasteiger partial charge on any atom is 0.325 e. The Kier molecular flexibility index (Phi) is 10.6. The number of aliphatic carboxylic acids is 2. The molecule has 2 rings (SSSR count). The van der Waals surface area contributed by atoms with E-state index in [1.807, 2.05) is 38.1 Å². The topological polar surface area (TPSA) is 204 Å². The number of nitrogens with one attached hydrogen (secondary N) is 4. The summed E-state index contributed by atoms with van der Waals surface area (Å²) >= 11 is 0. The lowest BCUT2D eigenvalue weighted by atomic mass is 10.00. The van der Waals surface area contributed by atoms with Gasteiger partial charge in [-0.3, -0.25) is 24.0 Å². The molecule has 0 saturated carbocycles. The molecule has 4 unspecified atom stereocenters. The molecule has 0 fully saturated rings. The Balaban J connectivity index is 2.25. The fraction of sp³-hybridized carbons (Fsp3) is 0.480. The number of carboxylic acid groups (broad SMARTS) is 2. The molecule has 3 amide bonds. The highest BCUT2D eigenvalue weighted by Gasteiger charge is 2.30. The van der Waals surface area contributed by atoms with Crippen LogP contribution in [-0.4, -0.2) is 69.0 Å². The summed E-state index contributed by atoms with van der Waals surface area (Å²) in [6.45, 7) is 5.01. The molecule has 0 aliphatic heterocycles. The number of carbonyl (C=O) groups excluding carboxylic acids is 3. The summed E-state index contributed by atoms with van der Waals surface area (Å²) in [7, 11) is 0. The number of rotatable bonds is 14. The van der Waals surface area contributed by atoms with Gasteiger partial charge in [0, 0.05) is 29.9 Å². The Hall–Kier alpha value is -3.93. The SMILES string of the molecule is CC(C)CC(NC(=O)C(N)CCC(=O)O)C(=O)NC(Cc1c[nH]c2ccccc12)C(=O)NC(C)C(=O)O. The average molecular weight is 518 g/mol. The van der Waals surface area contributed by atoms with Crippen molar-refractivity contribution in [1.29, 1.82) is 0 Å². The summed E-state index contributed by atoms with van der Waals surface area (Å²) in [6, 6.07) is 2.91. The minimum Gasteiger partial charge on any atom is -0.481 e. The number of benzene rings is 1. The fourth-order valence-corrected chi connectivity index (χ4v) is 3.77. The lowest BCUT2D eigenvalue weighted by molar-refractivity contribution is -0.142. The van der Waals surface area contributed by atoms with E-state index in [1.165, 1.54) is 6.92 Å². The molecular formula is C25H35N5O7. The van der Waals surface area contributed by atoms with Gasteiger partial charge in [0.1, 0.15) is 18.1 Å². The molecule has 1 aromatic heterocycles. The number of hydrogen-bond donors (Lipinski definition) is 7.